The summed E-state index contributed by atoms with van der Waals surface area (Å²) in [7, 11) is -2.89. The molecule has 0 spiro atoms. The van der Waals surface area contributed by atoms with Crippen LogP contribution in [0.4, 0.5) is 5.69 Å². The van der Waals surface area contributed by atoms with Crippen LogP contribution in [0.1, 0.15) is 23.7 Å². The van der Waals surface area contributed by atoms with Crippen LogP contribution < -0.4 is 4.90 Å². The number of carbonyl (C=O) groups excluding carboxylic acids is 2. The number of sulfone groups is 1. The predicted molar refractivity (Wildman–Crippen MR) is 105 cm³/mol. The van der Waals surface area contributed by atoms with Gasteiger partial charge < -0.3 is 9.80 Å². The molecule has 2 fully saturated rings. The van der Waals surface area contributed by atoms with Crippen LogP contribution in [0.5, 0.6) is 0 Å². The van der Waals surface area contributed by atoms with E-state index in [-0.39, 0.29) is 28.4 Å². The van der Waals surface area contributed by atoms with E-state index in [1.807, 2.05) is 29.2 Å². The maximum absolute atomic E-state index is 12.4. The molecule has 2 heterocycles. The first kappa shape index (κ1) is 19.2. The Morgan fingerprint density at radius 2 is 1.77 bits per heavy atom. The molecule has 0 radical (unpaired) electrons. The Bertz CT molecular complexity index is 769. The first-order chi connectivity index (χ1) is 12.3. The minimum Gasteiger partial charge on any atom is -0.368 e. The first-order valence-corrected chi connectivity index (χ1v) is 11.7. The molecule has 8 heteroatoms. The fourth-order valence-electron chi connectivity index (χ4n) is 3.29. The standard InChI is InChI=1S/C18H24N2O4S2/c1-14(21)15-2-4-16(5-3-15)19-7-9-20(10-8-19)18(22)12-25-17-6-11-26(23,24)13-17/h2-5,17H,6-13H2,1H3/t17-/m1/s1. The lowest BCUT2D eigenvalue weighted by molar-refractivity contribution is -0.128. The number of thioether (sulfide) groups is 1. The fourth-order valence-corrected chi connectivity index (χ4v) is 6.84. The van der Waals surface area contributed by atoms with E-state index in [0.29, 0.717) is 30.8 Å². The second kappa shape index (κ2) is 8.00. The second-order valence-electron chi connectivity index (χ2n) is 6.81. The molecular formula is C18H24N2O4S2. The van der Waals surface area contributed by atoms with E-state index in [1.54, 1.807) is 6.92 Å². The van der Waals surface area contributed by atoms with Crippen molar-refractivity contribution in [1.82, 2.24) is 4.90 Å². The van der Waals surface area contributed by atoms with Crippen LogP contribution in [0.15, 0.2) is 24.3 Å². The van der Waals surface area contributed by atoms with Gasteiger partial charge in [0.05, 0.1) is 17.3 Å². The van der Waals surface area contributed by atoms with E-state index in [1.165, 1.54) is 11.8 Å². The van der Waals surface area contributed by atoms with Crippen molar-refractivity contribution in [3.8, 4) is 0 Å². The van der Waals surface area contributed by atoms with Gasteiger partial charge in [0.15, 0.2) is 15.6 Å². The Balaban J connectivity index is 1.45. The van der Waals surface area contributed by atoms with Crippen LogP contribution in [0.25, 0.3) is 0 Å². The number of hydrogen-bond acceptors (Lipinski definition) is 6. The van der Waals surface area contributed by atoms with Crippen molar-refractivity contribution in [1.29, 1.82) is 0 Å². The number of rotatable bonds is 5. The lowest BCUT2D eigenvalue weighted by Crippen LogP contribution is -2.49. The fraction of sp³-hybridized carbons (Fsp3) is 0.556. The summed E-state index contributed by atoms with van der Waals surface area (Å²) in [5.41, 5.74) is 1.76. The quantitative estimate of drug-likeness (QED) is 0.702. The predicted octanol–water partition coefficient (Wildman–Crippen LogP) is 1.46. The molecular weight excluding hydrogens is 372 g/mol. The molecule has 0 N–H and O–H groups in total. The van der Waals surface area contributed by atoms with E-state index < -0.39 is 9.84 Å². The van der Waals surface area contributed by atoms with E-state index in [2.05, 4.69) is 4.90 Å². The summed E-state index contributed by atoms with van der Waals surface area (Å²) in [6, 6.07) is 7.57. The Labute approximate surface area is 158 Å². The molecule has 1 atom stereocenters. The van der Waals surface area contributed by atoms with Gasteiger partial charge in [-0.25, -0.2) is 8.42 Å². The number of anilines is 1. The maximum atomic E-state index is 12.4. The average Bonchev–Trinajstić information content (AvgIpc) is 2.99. The van der Waals surface area contributed by atoms with Crippen molar-refractivity contribution >= 4 is 39.0 Å². The minimum atomic E-state index is -2.89. The molecule has 1 aromatic carbocycles. The highest BCUT2D eigenvalue weighted by Gasteiger charge is 2.29. The zero-order valence-electron chi connectivity index (χ0n) is 14.9. The van der Waals surface area contributed by atoms with Gasteiger partial charge in [-0.05, 0) is 37.6 Å². The Kier molecular flexibility index (Phi) is 5.92. The van der Waals surface area contributed by atoms with Crippen molar-refractivity contribution in [3.63, 3.8) is 0 Å². The van der Waals surface area contributed by atoms with Crippen LogP contribution in [-0.2, 0) is 14.6 Å². The third-order valence-electron chi connectivity index (χ3n) is 4.90. The maximum Gasteiger partial charge on any atom is 0.232 e. The number of ketones is 1. The number of amides is 1. The summed E-state index contributed by atoms with van der Waals surface area (Å²) in [6.45, 7) is 4.40. The van der Waals surface area contributed by atoms with Gasteiger partial charge in [-0.1, -0.05) is 0 Å². The summed E-state index contributed by atoms with van der Waals surface area (Å²) < 4.78 is 23.0. The number of nitrogens with zero attached hydrogens (tertiary/aromatic N) is 2. The highest BCUT2D eigenvalue weighted by atomic mass is 32.2. The molecule has 0 unspecified atom stereocenters. The van der Waals surface area contributed by atoms with Gasteiger partial charge in [0.1, 0.15) is 0 Å². The SMILES string of the molecule is CC(=O)c1ccc(N2CCN(C(=O)CS[C@@H]3CCS(=O)(=O)C3)CC2)cc1. The molecule has 0 aromatic heterocycles. The molecule has 0 bridgehead atoms. The highest BCUT2D eigenvalue weighted by molar-refractivity contribution is 8.02. The Hall–Kier alpha value is -1.54. The third kappa shape index (κ3) is 4.79. The molecule has 2 aliphatic heterocycles. The monoisotopic (exact) mass is 396 g/mol. The normalized spacial score (nSPS) is 22.4. The number of benzene rings is 1. The lowest BCUT2D eigenvalue weighted by atomic mass is 10.1. The van der Waals surface area contributed by atoms with Crippen molar-refractivity contribution < 1.29 is 18.0 Å². The molecule has 0 saturated carbocycles. The molecule has 0 aliphatic carbocycles. The second-order valence-corrected chi connectivity index (χ2v) is 10.3. The van der Waals surface area contributed by atoms with Crippen molar-refractivity contribution in [2.24, 2.45) is 0 Å². The van der Waals surface area contributed by atoms with Crippen LogP contribution in [0, 0.1) is 0 Å². The molecule has 2 aliphatic rings. The summed E-state index contributed by atoms with van der Waals surface area (Å²) in [5.74, 6) is 0.952. The van der Waals surface area contributed by atoms with Gasteiger partial charge >= 0.3 is 0 Å². The van der Waals surface area contributed by atoms with E-state index >= 15 is 0 Å². The molecule has 142 valence electrons. The molecule has 3 rings (SSSR count). The van der Waals surface area contributed by atoms with Gasteiger partial charge in [0.25, 0.3) is 0 Å². The van der Waals surface area contributed by atoms with Crippen LogP contribution >= 0.6 is 11.8 Å². The van der Waals surface area contributed by atoms with Crippen molar-refractivity contribution in [3.05, 3.63) is 29.8 Å². The highest BCUT2D eigenvalue weighted by Crippen LogP contribution is 2.25. The topological polar surface area (TPSA) is 74.8 Å². The third-order valence-corrected chi connectivity index (χ3v) is 8.17. The Morgan fingerprint density at radius 1 is 1.12 bits per heavy atom. The summed E-state index contributed by atoms with van der Waals surface area (Å²) in [6.07, 6.45) is 0.657. The Morgan fingerprint density at radius 3 is 2.31 bits per heavy atom. The van der Waals surface area contributed by atoms with Crippen LogP contribution in [0.3, 0.4) is 0 Å². The summed E-state index contributed by atoms with van der Waals surface area (Å²) in [4.78, 5) is 27.8. The minimum absolute atomic E-state index is 0.0551. The van der Waals surface area contributed by atoms with Gasteiger partial charge in [-0.3, -0.25) is 9.59 Å². The number of piperazine rings is 1. The first-order valence-electron chi connectivity index (χ1n) is 8.80. The zero-order valence-corrected chi connectivity index (χ0v) is 16.5. The molecule has 2 saturated heterocycles. The summed E-state index contributed by atoms with van der Waals surface area (Å²) in [5, 5.41) is 0.0602. The van der Waals surface area contributed by atoms with Crippen molar-refractivity contribution in [2.75, 3.05) is 48.3 Å². The van der Waals surface area contributed by atoms with Crippen molar-refractivity contribution in [2.45, 2.75) is 18.6 Å². The molecule has 26 heavy (non-hydrogen) atoms. The largest absolute Gasteiger partial charge is 0.368 e. The van der Waals surface area contributed by atoms with Gasteiger partial charge in [-0.2, -0.15) is 0 Å². The average molecular weight is 397 g/mol. The molecule has 1 aromatic rings. The van der Waals surface area contributed by atoms with Gasteiger partial charge in [0.2, 0.25) is 5.91 Å². The van der Waals surface area contributed by atoms with Gasteiger partial charge in [0, 0.05) is 42.7 Å². The zero-order chi connectivity index (χ0) is 18.7. The number of carbonyl (C=O) groups is 2. The lowest BCUT2D eigenvalue weighted by Gasteiger charge is -2.36. The molecule has 1 amide bonds. The smallest absolute Gasteiger partial charge is 0.232 e. The number of Topliss-reactive ketones (excluding diaryl/α,β-unsaturated/α-hetero) is 1. The summed E-state index contributed by atoms with van der Waals surface area (Å²) >= 11 is 1.47. The van der Waals surface area contributed by atoms with E-state index in [0.717, 1.165) is 18.8 Å². The molecule has 6 nitrogen and oxygen atoms in total. The van der Waals surface area contributed by atoms with E-state index in [4.69, 9.17) is 0 Å². The number of hydrogen-bond donors (Lipinski definition) is 0. The van der Waals surface area contributed by atoms with Crippen LogP contribution in [0.2, 0.25) is 0 Å². The van der Waals surface area contributed by atoms with Gasteiger partial charge in [-0.15, -0.1) is 11.8 Å². The van der Waals surface area contributed by atoms with E-state index in [9.17, 15) is 18.0 Å². The van der Waals surface area contributed by atoms with Crippen LogP contribution in [-0.4, -0.2) is 73.7 Å².